The zero-order chi connectivity index (χ0) is 18.7. The molecule has 0 saturated heterocycles. The molecule has 0 aliphatic carbocycles. The Morgan fingerprint density at radius 2 is 1.92 bits per heavy atom. The van der Waals surface area contributed by atoms with E-state index in [2.05, 4.69) is 4.98 Å². The number of carboxylic acids is 1. The fourth-order valence-electron chi connectivity index (χ4n) is 2.71. The van der Waals surface area contributed by atoms with Crippen LogP contribution in [0.4, 0.5) is 0 Å². The van der Waals surface area contributed by atoms with Crippen molar-refractivity contribution in [2.45, 2.75) is 13.5 Å². The number of rotatable bonds is 5. The van der Waals surface area contributed by atoms with Crippen LogP contribution in [-0.2, 0) is 6.54 Å². The van der Waals surface area contributed by atoms with E-state index >= 15 is 0 Å². The van der Waals surface area contributed by atoms with E-state index in [1.54, 1.807) is 29.9 Å². The van der Waals surface area contributed by atoms with Crippen molar-refractivity contribution in [2.24, 2.45) is 0 Å². The largest absolute Gasteiger partial charge is 0.545 e. The van der Waals surface area contributed by atoms with Crippen molar-refractivity contribution in [2.75, 3.05) is 7.11 Å². The highest BCUT2D eigenvalue weighted by Crippen LogP contribution is 2.16. The first-order chi connectivity index (χ1) is 12.5. The Morgan fingerprint density at radius 1 is 1.19 bits per heavy atom. The lowest BCUT2D eigenvalue weighted by atomic mass is 10.1. The van der Waals surface area contributed by atoms with Crippen LogP contribution in [-0.4, -0.2) is 22.6 Å². The first-order valence-corrected chi connectivity index (χ1v) is 8.11. The molecule has 6 nitrogen and oxygen atoms in total. The summed E-state index contributed by atoms with van der Waals surface area (Å²) in [6.07, 6.45) is 3.40. The second kappa shape index (κ2) is 7.23. The maximum absolute atomic E-state index is 12.7. The van der Waals surface area contributed by atoms with Crippen LogP contribution < -0.4 is 15.4 Å². The van der Waals surface area contributed by atoms with Crippen LogP contribution in [0.5, 0.6) is 5.75 Å². The molecule has 0 aliphatic rings. The smallest absolute Gasteiger partial charge is 0.276 e. The van der Waals surface area contributed by atoms with Gasteiger partial charge in [0.2, 0.25) is 0 Å². The maximum atomic E-state index is 12.7. The Balaban J connectivity index is 2.08. The Kier molecular flexibility index (Phi) is 4.84. The van der Waals surface area contributed by atoms with E-state index in [1.165, 1.54) is 12.1 Å². The summed E-state index contributed by atoms with van der Waals surface area (Å²) >= 11 is 0. The van der Waals surface area contributed by atoms with Gasteiger partial charge in [0.1, 0.15) is 11.4 Å². The number of carbonyl (C=O) groups excluding carboxylic acids is 1. The van der Waals surface area contributed by atoms with Crippen LogP contribution >= 0.6 is 0 Å². The SMILES string of the molecule is CCn1c(=O)c(/C=C/c2ccc(OC)cc2)nc2cc(C(=O)[O-])ccc21. The first kappa shape index (κ1) is 17.4. The van der Waals surface area contributed by atoms with Gasteiger partial charge in [0.25, 0.3) is 5.56 Å². The van der Waals surface area contributed by atoms with Crippen LogP contribution in [0.3, 0.4) is 0 Å². The van der Waals surface area contributed by atoms with Crippen molar-refractivity contribution >= 4 is 29.2 Å². The monoisotopic (exact) mass is 349 g/mol. The van der Waals surface area contributed by atoms with E-state index < -0.39 is 5.97 Å². The Bertz CT molecular complexity index is 1050. The predicted octanol–water partition coefficient (Wildman–Crippen LogP) is 1.96. The Labute approximate surface area is 150 Å². The number of carbonyl (C=O) groups is 1. The normalized spacial score (nSPS) is 11.2. The van der Waals surface area contributed by atoms with E-state index in [0.29, 0.717) is 17.6 Å². The fourth-order valence-corrected chi connectivity index (χ4v) is 2.71. The van der Waals surface area contributed by atoms with Crippen molar-refractivity contribution < 1.29 is 14.6 Å². The highest BCUT2D eigenvalue weighted by molar-refractivity contribution is 5.91. The van der Waals surface area contributed by atoms with Gasteiger partial charge in [0.05, 0.1) is 24.1 Å². The third-order valence-corrected chi connectivity index (χ3v) is 4.07. The van der Waals surface area contributed by atoms with Gasteiger partial charge in [-0.25, -0.2) is 4.98 Å². The number of fused-ring (bicyclic) bond motifs is 1. The summed E-state index contributed by atoms with van der Waals surface area (Å²) in [5, 5.41) is 11.1. The minimum absolute atomic E-state index is 0.0244. The molecule has 6 heteroatoms. The topological polar surface area (TPSA) is 84.2 Å². The predicted molar refractivity (Wildman–Crippen MR) is 97.9 cm³/mol. The summed E-state index contributed by atoms with van der Waals surface area (Å²) in [6, 6.07) is 11.8. The van der Waals surface area contributed by atoms with Crippen LogP contribution in [0, 0.1) is 0 Å². The van der Waals surface area contributed by atoms with E-state index in [-0.39, 0.29) is 16.8 Å². The minimum Gasteiger partial charge on any atom is -0.545 e. The average Bonchev–Trinajstić information content (AvgIpc) is 2.66. The van der Waals surface area contributed by atoms with Crippen molar-refractivity contribution in [1.82, 2.24) is 9.55 Å². The van der Waals surface area contributed by atoms with Gasteiger partial charge in [-0.3, -0.25) is 4.79 Å². The average molecular weight is 349 g/mol. The number of aromatic nitrogens is 2. The van der Waals surface area contributed by atoms with Gasteiger partial charge in [0.15, 0.2) is 0 Å². The van der Waals surface area contributed by atoms with E-state index in [9.17, 15) is 14.7 Å². The molecule has 0 atom stereocenters. The van der Waals surface area contributed by atoms with Gasteiger partial charge in [-0.2, -0.15) is 0 Å². The van der Waals surface area contributed by atoms with Crippen molar-refractivity contribution in [3.05, 3.63) is 69.6 Å². The molecule has 3 aromatic rings. The minimum atomic E-state index is -1.28. The second-order valence-corrected chi connectivity index (χ2v) is 5.64. The summed E-state index contributed by atoms with van der Waals surface area (Å²) < 4.78 is 6.68. The van der Waals surface area contributed by atoms with Gasteiger partial charge in [-0.05, 0) is 48.4 Å². The number of ether oxygens (including phenoxy) is 1. The molecule has 3 rings (SSSR count). The van der Waals surface area contributed by atoms with Crippen LogP contribution in [0.15, 0.2) is 47.3 Å². The van der Waals surface area contributed by atoms with Gasteiger partial charge in [-0.15, -0.1) is 0 Å². The number of aromatic carboxylic acids is 1. The number of hydrogen-bond acceptors (Lipinski definition) is 5. The third kappa shape index (κ3) is 3.35. The van der Waals surface area contributed by atoms with Crippen LogP contribution in [0.2, 0.25) is 0 Å². The molecule has 1 aromatic heterocycles. The lowest BCUT2D eigenvalue weighted by molar-refractivity contribution is -0.255. The van der Waals surface area contributed by atoms with Crippen molar-refractivity contribution in [3.8, 4) is 5.75 Å². The number of methoxy groups -OCH3 is 1. The zero-order valence-electron chi connectivity index (χ0n) is 14.4. The van der Waals surface area contributed by atoms with Crippen molar-refractivity contribution in [3.63, 3.8) is 0 Å². The van der Waals surface area contributed by atoms with Gasteiger partial charge in [0, 0.05) is 6.54 Å². The van der Waals surface area contributed by atoms with E-state index in [4.69, 9.17) is 4.74 Å². The number of carboxylic acid groups (broad SMARTS) is 1. The molecule has 0 spiro atoms. The third-order valence-electron chi connectivity index (χ3n) is 4.07. The molecule has 2 aromatic carbocycles. The number of nitrogens with zero attached hydrogens (tertiary/aromatic N) is 2. The summed E-state index contributed by atoms with van der Waals surface area (Å²) in [5.41, 5.74) is 1.94. The van der Waals surface area contributed by atoms with Crippen LogP contribution in [0.25, 0.3) is 23.2 Å². The van der Waals surface area contributed by atoms with Gasteiger partial charge in [-0.1, -0.05) is 24.3 Å². The molecule has 0 N–H and O–H groups in total. The first-order valence-electron chi connectivity index (χ1n) is 8.11. The Hall–Kier alpha value is -3.41. The highest BCUT2D eigenvalue weighted by Gasteiger charge is 2.09. The number of aryl methyl sites for hydroxylation is 1. The molecule has 0 radical (unpaired) electrons. The summed E-state index contributed by atoms with van der Waals surface area (Å²) in [4.78, 5) is 28.1. The molecule has 132 valence electrons. The summed E-state index contributed by atoms with van der Waals surface area (Å²) in [5.74, 6) is -0.535. The molecule has 0 aliphatic heterocycles. The fraction of sp³-hybridized carbons (Fsp3) is 0.150. The molecular formula is C20H17N2O4-. The summed E-state index contributed by atoms with van der Waals surface area (Å²) in [7, 11) is 1.60. The van der Waals surface area contributed by atoms with Crippen LogP contribution in [0.1, 0.15) is 28.5 Å². The van der Waals surface area contributed by atoms with Crippen molar-refractivity contribution in [1.29, 1.82) is 0 Å². The second-order valence-electron chi connectivity index (χ2n) is 5.64. The summed E-state index contributed by atoms with van der Waals surface area (Å²) in [6.45, 7) is 2.30. The molecule has 0 fully saturated rings. The molecule has 26 heavy (non-hydrogen) atoms. The molecule has 0 unspecified atom stereocenters. The lowest BCUT2D eigenvalue weighted by Crippen LogP contribution is -2.25. The number of hydrogen-bond donors (Lipinski definition) is 0. The quantitative estimate of drug-likeness (QED) is 0.703. The standard InChI is InChI=1S/C20H18N2O4/c1-3-22-18-11-7-14(20(24)25)12-17(18)21-16(19(22)23)10-6-13-4-8-15(26-2)9-5-13/h4-12H,3H2,1-2H3,(H,24,25)/p-1/b10-6+. The van der Waals surface area contributed by atoms with Gasteiger partial charge < -0.3 is 19.2 Å². The van der Waals surface area contributed by atoms with E-state index in [1.807, 2.05) is 31.2 Å². The van der Waals surface area contributed by atoms with E-state index in [0.717, 1.165) is 11.3 Å². The van der Waals surface area contributed by atoms with Gasteiger partial charge >= 0.3 is 0 Å². The molecule has 0 saturated carbocycles. The lowest BCUT2D eigenvalue weighted by Gasteiger charge is -2.10. The zero-order valence-corrected chi connectivity index (χ0v) is 14.4. The highest BCUT2D eigenvalue weighted by atomic mass is 16.5. The molecule has 0 bridgehead atoms. The molecule has 1 heterocycles. The number of benzene rings is 2. The molecular weight excluding hydrogens is 332 g/mol. The maximum Gasteiger partial charge on any atom is 0.276 e. The molecule has 0 amide bonds. The Morgan fingerprint density at radius 3 is 2.54 bits per heavy atom.